The van der Waals surface area contributed by atoms with Gasteiger partial charge in [0.25, 0.3) is 0 Å². The second-order valence-corrected chi connectivity index (χ2v) is 8.68. The Labute approximate surface area is 183 Å². The monoisotopic (exact) mass is 473 g/mol. The SMILES string of the molecule is CC1(C(=O)NCc2ccc3c(c2)OCO3)CCN(C(=O)Nc2ccccc2Br)CC1. The van der Waals surface area contributed by atoms with Crippen LogP contribution in [-0.2, 0) is 11.3 Å². The number of ether oxygens (including phenoxy) is 2. The number of carbonyl (C=O) groups excluding carboxylic acids is 2. The summed E-state index contributed by atoms with van der Waals surface area (Å²) in [6.45, 7) is 3.69. The van der Waals surface area contributed by atoms with E-state index in [0.717, 1.165) is 21.5 Å². The normalized spacial score (nSPS) is 16.8. The highest BCUT2D eigenvalue weighted by molar-refractivity contribution is 9.10. The van der Waals surface area contributed by atoms with E-state index in [1.165, 1.54) is 0 Å². The van der Waals surface area contributed by atoms with E-state index in [1.807, 2.05) is 49.4 Å². The molecule has 7 nitrogen and oxygen atoms in total. The lowest BCUT2D eigenvalue weighted by Crippen LogP contribution is -2.49. The first-order valence-corrected chi connectivity index (χ1v) is 10.7. The second kappa shape index (κ2) is 8.55. The standard InChI is InChI=1S/C22H24BrN3O4/c1-22(20(27)24-13-15-6-7-18-19(12-15)30-14-29-18)8-10-26(11-9-22)21(28)25-17-5-3-2-4-16(17)23/h2-7,12H,8-11,13-14H2,1H3,(H,24,27)(H,25,28). The van der Waals surface area contributed by atoms with Gasteiger partial charge < -0.3 is 25.0 Å². The molecule has 2 aliphatic heterocycles. The second-order valence-electron chi connectivity index (χ2n) is 7.83. The third-order valence-electron chi connectivity index (χ3n) is 5.71. The number of anilines is 1. The molecule has 1 fully saturated rings. The van der Waals surface area contributed by atoms with E-state index in [2.05, 4.69) is 26.6 Å². The third kappa shape index (κ3) is 4.38. The first-order chi connectivity index (χ1) is 14.4. The third-order valence-corrected chi connectivity index (χ3v) is 6.40. The van der Waals surface area contributed by atoms with Gasteiger partial charge in [0.05, 0.1) is 5.69 Å². The van der Waals surface area contributed by atoms with Gasteiger partial charge in [0.2, 0.25) is 12.7 Å². The van der Waals surface area contributed by atoms with Crippen molar-refractivity contribution in [2.24, 2.45) is 5.41 Å². The topological polar surface area (TPSA) is 79.9 Å². The predicted molar refractivity (Wildman–Crippen MR) is 116 cm³/mol. The van der Waals surface area contributed by atoms with E-state index in [4.69, 9.17) is 9.47 Å². The number of benzene rings is 2. The molecule has 158 valence electrons. The van der Waals surface area contributed by atoms with Gasteiger partial charge in [-0.2, -0.15) is 0 Å². The number of para-hydroxylation sites is 1. The van der Waals surface area contributed by atoms with Crippen LogP contribution in [0, 0.1) is 5.41 Å². The molecule has 2 aliphatic rings. The van der Waals surface area contributed by atoms with Crippen LogP contribution >= 0.6 is 15.9 Å². The number of hydrogen-bond donors (Lipinski definition) is 2. The molecule has 4 rings (SSSR count). The molecule has 2 aromatic carbocycles. The Kier molecular flexibility index (Phi) is 5.85. The highest BCUT2D eigenvalue weighted by Gasteiger charge is 2.38. The first kappa shape index (κ1) is 20.5. The van der Waals surface area contributed by atoms with Crippen LogP contribution in [0.4, 0.5) is 10.5 Å². The fourth-order valence-electron chi connectivity index (χ4n) is 3.63. The van der Waals surface area contributed by atoms with Crippen LogP contribution in [0.3, 0.4) is 0 Å². The number of nitrogens with zero attached hydrogens (tertiary/aromatic N) is 1. The number of fused-ring (bicyclic) bond motifs is 1. The van der Waals surface area contributed by atoms with E-state index in [1.54, 1.807) is 4.90 Å². The van der Waals surface area contributed by atoms with Crippen molar-refractivity contribution in [2.45, 2.75) is 26.3 Å². The van der Waals surface area contributed by atoms with Crippen LogP contribution in [-0.4, -0.2) is 36.7 Å². The summed E-state index contributed by atoms with van der Waals surface area (Å²) in [7, 11) is 0. The van der Waals surface area contributed by atoms with E-state index >= 15 is 0 Å². The number of hydrogen-bond acceptors (Lipinski definition) is 4. The molecule has 0 aromatic heterocycles. The lowest BCUT2D eigenvalue weighted by atomic mass is 9.79. The summed E-state index contributed by atoms with van der Waals surface area (Å²) in [6, 6.07) is 13.0. The summed E-state index contributed by atoms with van der Waals surface area (Å²) >= 11 is 3.44. The number of halogens is 1. The summed E-state index contributed by atoms with van der Waals surface area (Å²) in [4.78, 5) is 27.2. The number of rotatable bonds is 4. The van der Waals surface area contributed by atoms with Crippen LogP contribution in [0.5, 0.6) is 11.5 Å². The van der Waals surface area contributed by atoms with Crippen molar-refractivity contribution >= 4 is 33.6 Å². The maximum atomic E-state index is 12.8. The number of likely N-dealkylation sites (tertiary alicyclic amines) is 1. The fourth-order valence-corrected chi connectivity index (χ4v) is 4.02. The van der Waals surface area contributed by atoms with Gasteiger partial charge in [0, 0.05) is 29.5 Å². The van der Waals surface area contributed by atoms with Crippen LogP contribution in [0.2, 0.25) is 0 Å². The minimum absolute atomic E-state index is 0.00558. The van der Waals surface area contributed by atoms with Crippen molar-refractivity contribution in [2.75, 3.05) is 25.2 Å². The van der Waals surface area contributed by atoms with Crippen molar-refractivity contribution in [1.29, 1.82) is 0 Å². The Morgan fingerprint density at radius 1 is 1.10 bits per heavy atom. The van der Waals surface area contributed by atoms with Gasteiger partial charge in [-0.1, -0.05) is 25.1 Å². The van der Waals surface area contributed by atoms with Gasteiger partial charge in [-0.25, -0.2) is 4.79 Å². The molecule has 0 aliphatic carbocycles. The molecular formula is C22H24BrN3O4. The molecule has 3 amide bonds. The van der Waals surface area contributed by atoms with Gasteiger partial charge in [-0.3, -0.25) is 4.79 Å². The van der Waals surface area contributed by atoms with Gasteiger partial charge >= 0.3 is 6.03 Å². The number of urea groups is 1. The molecule has 2 heterocycles. The van der Waals surface area contributed by atoms with Crippen LogP contribution in [0.15, 0.2) is 46.9 Å². The molecule has 2 N–H and O–H groups in total. The van der Waals surface area contributed by atoms with Crippen LogP contribution in [0.25, 0.3) is 0 Å². The molecule has 0 unspecified atom stereocenters. The summed E-state index contributed by atoms with van der Waals surface area (Å²) in [6.07, 6.45) is 1.23. The summed E-state index contributed by atoms with van der Waals surface area (Å²) in [5, 5.41) is 5.95. The molecule has 2 aromatic rings. The van der Waals surface area contributed by atoms with Gasteiger partial charge in [-0.15, -0.1) is 0 Å². The maximum absolute atomic E-state index is 12.8. The Balaban J connectivity index is 1.29. The molecule has 8 heteroatoms. The Morgan fingerprint density at radius 3 is 2.60 bits per heavy atom. The van der Waals surface area contributed by atoms with Crippen molar-refractivity contribution in [3.05, 3.63) is 52.5 Å². The molecule has 0 radical (unpaired) electrons. The minimum atomic E-state index is -0.500. The molecule has 0 atom stereocenters. The van der Waals surface area contributed by atoms with Gasteiger partial charge in [-0.05, 0) is 58.6 Å². The van der Waals surface area contributed by atoms with E-state index in [9.17, 15) is 9.59 Å². The number of amides is 3. The zero-order chi connectivity index (χ0) is 21.1. The van der Waals surface area contributed by atoms with E-state index in [-0.39, 0.29) is 18.7 Å². The molecule has 0 bridgehead atoms. The molecule has 0 saturated carbocycles. The van der Waals surface area contributed by atoms with Crippen molar-refractivity contribution in [1.82, 2.24) is 10.2 Å². The fraction of sp³-hybridized carbons (Fsp3) is 0.364. The largest absolute Gasteiger partial charge is 0.454 e. The van der Waals surface area contributed by atoms with Gasteiger partial charge in [0.1, 0.15) is 0 Å². The highest BCUT2D eigenvalue weighted by Crippen LogP contribution is 2.34. The lowest BCUT2D eigenvalue weighted by Gasteiger charge is -2.38. The van der Waals surface area contributed by atoms with Crippen LogP contribution < -0.4 is 20.1 Å². The maximum Gasteiger partial charge on any atom is 0.321 e. The zero-order valence-corrected chi connectivity index (χ0v) is 18.3. The minimum Gasteiger partial charge on any atom is -0.454 e. The molecule has 1 saturated heterocycles. The van der Waals surface area contributed by atoms with Crippen molar-refractivity contribution in [3.63, 3.8) is 0 Å². The first-order valence-electron chi connectivity index (χ1n) is 9.92. The Morgan fingerprint density at radius 2 is 1.83 bits per heavy atom. The van der Waals surface area contributed by atoms with Crippen LogP contribution in [0.1, 0.15) is 25.3 Å². The number of piperidine rings is 1. The van der Waals surface area contributed by atoms with Crippen molar-refractivity contribution in [3.8, 4) is 11.5 Å². The molecule has 30 heavy (non-hydrogen) atoms. The average Bonchev–Trinajstić information content (AvgIpc) is 3.22. The summed E-state index contributed by atoms with van der Waals surface area (Å²) in [5.74, 6) is 1.44. The Hall–Kier alpha value is -2.74. The average molecular weight is 474 g/mol. The highest BCUT2D eigenvalue weighted by atomic mass is 79.9. The van der Waals surface area contributed by atoms with Crippen molar-refractivity contribution < 1.29 is 19.1 Å². The summed E-state index contributed by atoms with van der Waals surface area (Å²) < 4.78 is 11.5. The van der Waals surface area contributed by atoms with Gasteiger partial charge in [0.15, 0.2) is 11.5 Å². The Bertz CT molecular complexity index is 957. The van der Waals surface area contributed by atoms with E-state index in [0.29, 0.717) is 38.2 Å². The smallest absolute Gasteiger partial charge is 0.321 e. The molecule has 0 spiro atoms. The zero-order valence-electron chi connectivity index (χ0n) is 16.7. The quantitative estimate of drug-likeness (QED) is 0.699. The predicted octanol–water partition coefficient (Wildman–Crippen LogP) is 4.13. The van der Waals surface area contributed by atoms with E-state index < -0.39 is 5.41 Å². The summed E-state index contributed by atoms with van der Waals surface area (Å²) in [5.41, 5.74) is 1.19. The number of carbonyl (C=O) groups is 2. The lowest BCUT2D eigenvalue weighted by molar-refractivity contribution is -0.132. The number of nitrogens with one attached hydrogen (secondary N) is 2. The molecular weight excluding hydrogens is 450 g/mol.